The Balaban J connectivity index is 2.04. The number of hydrogen-bond acceptors (Lipinski definition) is 3. The molecule has 1 aromatic heterocycles. The number of nitrogens with zero attached hydrogens (tertiary/aromatic N) is 2. The molecule has 3 heterocycles. The summed E-state index contributed by atoms with van der Waals surface area (Å²) in [7, 11) is 0. The van der Waals surface area contributed by atoms with E-state index in [1.807, 2.05) is 32.9 Å². The van der Waals surface area contributed by atoms with Gasteiger partial charge in [-0.1, -0.05) is 6.07 Å². The summed E-state index contributed by atoms with van der Waals surface area (Å²) in [6, 6.07) is 4.02. The van der Waals surface area contributed by atoms with Crippen molar-refractivity contribution >= 4 is 39.2 Å². The molecule has 1 spiro atoms. The largest absolute Gasteiger partial charge is 0.324 e. The summed E-state index contributed by atoms with van der Waals surface area (Å²) in [6.07, 6.45) is 1.79. The van der Waals surface area contributed by atoms with E-state index in [0.29, 0.717) is 5.82 Å². The van der Waals surface area contributed by atoms with Crippen molar-refractivity contribution < 1.29 is 9.59 Å². The number of nitrogens with one attached hydrogen (secondary N) is 2. The van der Waals surface area contributed by atoms with Crippen LogP contribution in [0.4, 0.5) is 11.5 Å². The first kappa shape index (κ1) is 15.4. The molecule has 0 aliphatic carbocycles. The SMILES string of the molecule is Cc1cc(Br)c2c(c1)[C@]1(CC(=O)Nc3c1cnn3C(C)C)C(=O)N2. The zero-order chi connectivity index (χ0) is 17.2. The third-order valence-corrected chi connectivity index (χ3v) is 5.37. The number of amides is 2. The first-order valence-corrected chi connectivity index (χ1v) is 8.64. The smallest absolute Gasteiger partial charge is 0.240 e. The van der Waals surface area contributed by atoms with E-state index in [1.165, 1.54) is 0 Å². The number of hydrogen-bond donors (Lipinski definition) is 2. The third kappa shape index (κ3) is 1.84. The summed E-state index contributed by atoms with van der Waals surface area (Å²) in [5.74, 6) is 0.260. The quantitative estimate of drug-likeness (QED) is 0.787. The number of benzene rings is 1. The third-order valence-electron chi connectivity index (χ3n) is 4.75. The Hall–Kier alpha value is -2.15. The molecule has 7 heteroatoms. The number of rotatable bonds is 1. The van der Waals surface area contributed by atoms with Crippen LogP contribution < -0.4 is 10.6 Å². The number of fused-ring (bicyclic) bond motifs is 4. The molecule has 1 aromatic carbocycles. The van der Waals surface area contributed by atoms with Crippen LogP contribution in [-0.2, 0) is 15.0 Å². The van der Waals surface area contributed by atoms with Gasteiger partial charge in [0.05, 0.1) is 11.9 Å². The van der Waals surface area contributed by atoms with Crippen LogP contribution in [0.2, 0.25) is 0 Å². The molecule has 4 rings (SSSR count). The van der Waals surface area contributed by atoms with Gasteiger partial charge in [0.15, 0.2) is 0 Å². The lowest BCUT2D eigenvalue weighted by molar-refractivity contribution is -0.125. The Morgan fingerprint density at radius 1 is 1.25 bits per heavy atom. The minimum absolute atomic E-state index is 0.0809. The molecule has 1 atom stereocenters. The van der Waals surface area contributed by atoms with E-state index in [4.69, 9.17) is 0 Å². The number of carbonyl (C=O) groups excluding carboxylic acids is 2. The molecule has 2 aliphatic heterocycles. The minimum Gasteiger partial charge on any atom is -0.324 e. The van der Waals surface area contributed by atoms with Gasteiger partial charge in [-0.3, -0.25) is 9.59 Å². The second-order valence-corrected chi connectivity index (χ2v) is 7.55. The lowest BCUT2D eigenvalue weighted by Gasteiger charge is -2.32. The van der Waals surface area contributed by atoms with Crippen LogP contribution in [0.5, 0.6) is 0 Å². The maximum absolute atomic E-state index is 13.0. The van der Waals surface area contributed by atoms with E-state index in [2.05, 4.69) is 31.7 Å². The molecular weight excluding hydrogens is 372 g/mol. The summed E-state index contributed by atoms with van der Waals surface area (Å²) in [6.45, 7) is 5.96. The van der Waals surface area contributed by atoms with Crippen molar-refractivity contribution in [3.8, 4) is 0 Å². The van der Waals surface area contributed by atoms with E-state index in [9.17, 15) is 9.59 Å². The van der Waals surface area contributed by atoms with Gasteiger partial charge < -0.3 is 10.6 Å². The topological polar surface area (TPSA) is 76.0 Å². The summed E-state index contributed by atoms with van der Waals surface area (Å²) >= 11 is 3.52. The van der Waals surface area contributed by atoms with Crippen molar-refractivity contribution in [3.63, 3.8) is 0 Å². The fourth-order valence-corrected chi connectivity index (χ4v) is 4.37. The minimum atomic E-state index is -1.02. The second kappa shape index (κ2) is 4.92. The van der Waals surface area contributed by atoms with Crippen LogP contribution in [0.15, 0.2) is 22.8 Å². The first-order valence-electron chi connectivity index (χ1n) is 7.84. The zero-order valence-electron chi connectivity index (χ0n) is 13.6. The molecule has 24 heavy (non-hydrogen) atoms. The van der Waals surface area contributed by atoms with E-state index in [0.717, 1.165) is 26.9 Å². The van der Waals surface area contributed by atoms with Gasteiger partial charge in [0.25, 0.3) is 0 Å². The van der Waals surface area contributed by atoms with Crippen LogP contribution in [0, 0.1) is 6.92 Å². The fourth-order valence-electron chi connectivity index (χ4n) is 3.69. The van der Waals surface area contributed by atoms with E-state index in [-0.39, 0.29) is 24.3 Å². The summed E-state index contributed by atoms with van der Waals surface area (Å²) < 4.78 is 2.58. The van der Waals surface area contributed by atoms with E-state index < -0.39 is 5.41 Å². The van der Waals surface area contributed by atoms with Crippen LogP contribution in [0.3, 0.4) is 0 Å². The van der Waals surface area contributed by atoms with Gasteiger partial charge in [-0.25, -0.2) is 4.68 Å². The molecule has 0 saturated carbocycles. The molecule has 2 aliphatic rings. The molecule has 2 aromatic rings. The molecule has 2 N–H and O–H groups in total. The molecule has 2 amide bonds. The Bertz CT molecular complexity index is 902. The van der Waals surface area contributed by atoms with Gasteiger partial charge in [0.2, 0.25) is 11.8 Å². The van der Waals surface area contributed by atoms with Crippen molar-refractivity contribution in [2.75, 3.05) is 10.6 Å². The first-order chi connectivity index (χ1) is 11.3. The van der Waals surface area contributed by atoms with Crippen molar-refractivity contribution in [1.29, 1.82) is 0 Å². The molecular formula is C17H17BrN4O2. The zero-order valence-corrected chi connectivity index (χ0v) is 15.2. The molecule has 0 unspecified atom stereocenters. The lowest BCUT2D eigenvalue weighted by atomic mass is 9.71. The Morgan fingerprint density at radius 2 is 2.00 bits per heavy atom. The molecule has 0 radical (unpaired) electrons. The van der Waals surface area contributed by atoms with E-state index >= 15 is 0 Å². The van der Waals surface area contributed by atoms with Crippen molar-refractivity contribution in [3.05, 3.63) is 39.5 Å². The molecule has 0 bridgehead atoms. The van der Waals surface area contributed by atoms with Crippen LogP contribution in [-0.4, -0.2) is 21.6 Å². The van der Waals surface area contributed by atoms with Crippen LogP contribution in [0.25, 0.3) is 0 Å². The average Bonchev–Trinajstić information content (AvgIpc) is 3.02. The van der Waals surface area contributed by atoms with Gasteiger partial charge in [-0.15, -0.1) is 0 Å². The highest BCUT2D eigenvalue weighted by molar-refractivity contribution is 9.10. The van der Waals surface area contributed by atoms with Crippen LogP contribution in [0.1, 0.15) is 43.0 Å². The van der Waals surface area contributed by atoms with Crippen molar-refractivity contribution in [2.24, 2.45) is 0 Å². The molecule has 6 nitrogen and oxygen atoms in total. The van der Waals surface area contributed by atoms with Gasteiger partial charge in [0.1, 0.15) is 11.2 Å². The Kier molecular flexibility index (Phi) is 3.16. The average molecular weight is 389 g/mol. The highest BCUT2D eigenvalue weighted by Crippen LogP contribution is 2.52. The molecule has 0 fully saturated rings. The normalized spacial score (nSPS) is 21.7. The molecule has 124 valence electrons. The second-order valence-electron chi connectivity index (χ2n) is 6.70. The number of aryl methyl sites for hydroxylation is 1. The maximum atomic E-state index is 13.0. The van der Waals surface area contributed by atoms with Crippen LogP contribution >= 0.6 is 15.9 Å². The standard InChI is InChI=1S/C17H17BrN4O2/c1-8(2)22-15-11(7-19-22)17(6-13(23)20-15)10-4-9(3)5-12(18)14(10)21-16(17)24/h4-5,7-8H,6H2,1-3H3,(H,20,23)(H,21,24)/t17-/m0/s1. The highest BCUT2D eigenvalue weighted by atomic mass is 79.9. The maximum Gasteiger partial charge on any atom is 0.240 e. The lowest BCUT2D eigenvalue weighted by Crippen LogP contribution is -2.43. The summed E-state index contributed by atoms with van der Waals surface area (Å²) in [5.41, 5.74) is 2.33. The number of aromatic nitrogens is 2. The molecule has 0 saturated heterocycles. The number of anilines is 2. The van der Waals surface area contributed by atoms with Crippen molar-refractivity contribution in [2.45, 2.75) is 38.6 Å². The number of halogens is 1. The Labute approximate surface area is 147 Å². The van der Waals surface area contributed by atoms with Gasteiger partial charge in [0, 0.05) is 22.5 Å². The van der Waals surface area contributed by atoms with Gasteiger partial charge in [-0.2, -0.15) is 5.10 Å². The van der Waals surface area contributed by atoms with E-state index in [1.54, 1.807) is 10.9 Å². The predicted molar refractivity (Wildman–Crippen MR) is 94.1 cm³/mol. The van der Waals surface area contributed by atoms with Gasteiger partial charge >= 0.3 is 0 Å². The summed E-state index contributed by atoms with van der Waals surface area (Å²) in [5, 5.41) is 10.3. The summed E-state index contributed by atoms with van der Waals surface area (Å²) in [4.78, 5) is 25.5. The fraction of sp³-hybridized carbons (Fsp3) is 0.353. The number of carbonyl (C=O) groups is 2. The van der Waals surface area contributed by atoms with Gasteiger partial charge in [-0.05, 0) is 53.9 Å². The highest BCUT2D eigenvalue weighted by Gasteiger charge is 2.54. The Morgan fingerprint density at radius 3 is 2.71 bits per heavy atom. The monoisotopic (exact) mass is 388 g/mol. The predicted octanol–water partition coefficient (Wildman–Crippen LogP) is 3.12. The van der Waals surface area contributed by atoms with Crippen molar-refractivity contribution in [1.82, 2.24) is 9.78 Å².